The molecule has 0 aromatic heterocycles. The first-order chi connectivity index (χ1) is 8.23. The molecule has 0 aliphatic rings. The van der Waals surface area contributed by atoms with Crippen LogP contribution in [-0.2, 0) is 42.1 Å². The molecule has 0 N–H and O–H groups in total. The Hall–Kier alpha value is -0.715. The van der Waals surface area contributed by atoms with Crippen LogP contribution in [0.4, 0.5) is 0 Å². The van der Waals surface area contributed by atoms with E-state index in [-0.39, 0.29) is 33.5 Å². The summed E-state index contributed by atoms with van der Waals surface area (Å²) in [7, 11) is 0. The summed E-state index contributed by atoms with van der Waals surface area (Å²) in [6, 6.07) is 0. The molecule has 0 fully saturated rings. The monoisotopic (exact) mass is 460 g/mol. The van der Waals surface area contributed by atoms with E-state index in [1.165, 1.54) is 19.3 Å². The molecule has 6 heteroatoms. The van der Waals surface area contributed by atoms with Gasteiger partial charge in [0.2, 0.25) is 0 Å². The van der Waals surface area contributed by atoms with Gasteiger partial charge in [-0.2, -0.15) is 0 Å². The van der Waals surface area contributed by atoms with Gasteiger partial charge in [0.25, 0.3) is 0 Å². The Morgan fingerprint density at radius 3 is 1.58 bits per heavy atom. The number of carbonyl (C=O) groups excluding carboxylic acids is 3. The molecular formula is C13H22HgO5. The maximum Gasteiger partial charge on any atom is 2.00 e. The fourth-order valence-corrected chi connectivity index (χ4v) is 0.761. The molecular weight excluding hydrogens is 437 g/mol. The summed E-state index contributed by atoms with van der Waals surface area (Å²) in [5.74, 6) is -2.02. The van der Waals surface area contributed by atoms with Gasteiger partial charge in [-0.3, -0.25) is 4.79 Å². The number of unbranched alkanes of at least 4 members (excludes halogenated alkanes) is 3. The Morgan fingerprint density at radius 2 is 1.32 bits per heavy atom. The zero-order valence-corrected chi connectivity index (χ0v) is 17.7. The van der Waals surface area contributed by atoms with Crippen LogP contribution < -0.4 is 10.2 Å². The van der Waals surface area contributed by atoms with Gasteiger partial charge in [0, 0.05) is 11.9 Å². The van der Waals surface area contributed by atoms with Crippen molar-refractivity contribution >= 4 is 17.7 Å². The summed E-state index contributed by atoms with van der Waals surface area (Å²) in [5, 5.41) is 17.8. The van der Waals surface area contributed by atoms with E-state index >= 15 is 0 Å². The van der Waals surface area contributed by atoms with Crippen molar-refractivity contribution in [3.05, 3.63) is 12.2 Å². The van der Waals surface area contributed by atoms with Crippen molar-refractivity contribution in [1.82, 2.24) is 0 Å². The number of carboxylic acids is 2. The Labute approximate surface area is 135 Å². The maximum absolute atomic E-state index is 10.4. The topological polar surface area (TPSA) is 97.3 Å². The van der Waals surface area contributed by atoms with Crippen molar-refractivity contribution < 1.29 is 52.3 Å². The third-order valence-electron chi connectivity index (χ3n) is 1.33. The van der Waals surface area contributed by atoms with Gasteiger partial charge in [-0.25, -0.2) is 0 Å². The quantitative estimate of drug-likeness (QED) is 0.333. The summed E-state index contributed by atoms with van der Waals surface area (Å²) in [6.45, 7) is 5.70. The molecule has 0 rings (SSSR count). The molecule has 106 valence electrons. The van der Waals surface area contributed by atoms with Crippen LogP contribution in [0.2, 0.25) is 0 Å². The predicted octanol–water partition coefficient (Wildman–Crippen LogP) is 0.222. The minimum atomic E-state index is -1.08. The van der Waals surface area contributed by atoms with Gasteiger partial charge in [-0.05, 0) is 39.7 Å². The predicted molar refractivity (Wildman–Crippen MR) is 65.3 cm³/mol. The first-order valence-corrected chi connectivity index (χ1v) is 5.76. The number of hydrogen-bond donors (Lipinski definition) is 0. The Kier molecular flexibility index (Phi) is 31.7. The van der Waals surface area contributed by atoms with Crippen molar-refractivity contribution in [3.8, 4) is 0 Å². The molecule has 0 atom stereocenters. The number of ketones is 1. The number of carboxylic acid groups (broad SMARTS) is 2. The van der Waals surface area contributed by atoms with Crippen LogP contribution >= 0.6 is 0 Å². The minimum Gasteiger partial charge on any atom is -0.550 e. The third kappa shape index (κ3) is 102. The zero-order valence-electron chi connectivity index (χ0n) is 12.2. The fourth-order valence-electron chi connectivity index (χ4n) is 0.761. The van der Waals surface area contributed by atoms with E-state index in [9.17, 15) is 4.79 Å². The number of aliphatic carboxylic acids is 2. The van der Waals surface area contributed by atoms with Gasteiger partial charge in [0.15, 0.2) is 5.78 Å². The molecule has 0 aliphatic carbocycles. The molecule has 0 radical (unpaired) electrons. The molecule has 0 saturated carbocycles. The van der Waals surface area contributed by atoms with Crippen molar-refractivity contribution in [1.29, 1.82) is 0 Å². The molecule has 0 saturated heterocycles. The van der Waals surface area contributed by atoms with E-state index in [1.807, 2.05) is 6.08 Å². The first-order valence-electron chi connectivity index (χ1n) is 5.76. The molecule has 0 aromatic carbocycles. The third-order valence-corrected chi connectivity index (χ3v) is 1.33. The second-order valence-electron chi connectivity index (χ2n) is 3.49. The molecule has 0 unspecified atom stereocenters. The van der Waals surface area contributed by atoms with E-state index in [2.05, 4.69) is 6.92 Å². The van der Waals surface area contributed by atoms with Crippen LogP contribution in [0.25, 0.3) is 0 Å². The number of rotatable bonds is 5. The Morgan fingerprint density at radius 1 is 0.947 bits per heavy atom. The van der Waals surface area contributed by atoms with E-state index in [0.29, 0.717) is 0 Å². The smallest absolute Gasteiger partial charge is 0.550 e. The average Bonchev–Trinajstić information content (AvgIpc) is 2.15. The molecule has 0 amide bonds. The summed E-state index contributed by atoms with van der Waals surface area (Å²) >= 11 is 0. The van der Waals surface area contributed by atoms with Gasteiger partial charge < -0.3 is 19.8 Å². The van der Waals surface area contributed by atoms with Gasteiger partial charge in [-0.15, -0.1) is 0 Å². The molecule has 0 spiro atoms. The van der Waals surface area contributed by atoms with Crippen LogP contribution in [0.1, 0.15) is 53.4 Å². The van der Waals surface area contributed by atoms with Crippen molar-refractivity contribution in [2.24, 2.45) is 0 Å². The standard InChI is InChI=1S/C9H16O.2C2H4O2.Hg/c1-3-4-5-6-7-8-9(2)10;2*1-2(3)4;/h7-8H,3-6H2,1-2H3;2*1H3,(H,3,4);/q;;;+2/p-2. The van der Waals surface area contributed by atoms with Crippen molar-refractivity contribution in [3.63, 3.8) is 0 Å². The van der Waals surface area contributed by atoms with Crippen LogP contribution in [0.3, 0.4) is 0 Å². The first kappa shape index (κ1) is 26.8. The fraction of sp³-hybridized carbons (Fsp3) is 0.615. The SMILES string of the molecule is CC(=O)[O-].CC(=O)[O-].CCCCCC=CC(C)=O.[Hg+2]. The van der Waals surface area contributed by atoms with Crippen molar-refractivity contribution in [2.75, 3.05) is 0 Å². The summed E-state index contributed by atoms with van der Waals surface area (Å²) < 4.78 is 0. The Balaban J connectivity index is -0.000000105. The summed E-state index contributed by atoms with van der Waals surface area (Å²) in [5.41, 5.74) is 0. The van der Waals surface area contributed by atoms with Crippen molar-refractivity contribution in [2.45, 2.75) is 53.4 Å². The van der Waals surface area contributed by atoms with Gasteiger partial charge >= 0.3 is 27.7 Å². The second-order valence-corrected chi connectivity index (χ2v) is 3.49. The van der Waals surface area contributed by atoms with Crippen LogP contribution in [0, 0.1) is 0 Å². The van der Waals surface area contributed by atoms with E-state index < -0.39 is 11.9 Å². The number of carbonyl (C=O) groups is 3. The molecule has 5 nitrogen and oxygen atoms in total. The normalized spacial score (nSPS) is 8.21. The number of hydrogen-bond acceptors (Lipinski definition) is 5. The Bertz CT molecular complexity index is 242. The summed E-state index contributed by atoms with van der Waals surface area (Å²) in [6.07, 6.45) is 8.37. The molecule has 0 heterocycles. The summed E-state index contributed by atoms with van der Waals surface area (Å²) in [4.78, 5) is 28.2. The largest absolute Gasteiger partial charge is 2.00 e. The van der Waals surface area contributed by atoms with Gasteiger partial charge in [0.05, 0.1) is 0 Å². The molecule has 0 bridgehead atoms. The number of allylic oxidation sites excluding steroid dienone is 2. The average molecular weight is 459 g/mol. The maximum atomic E-state index is 10.4. The van der Waals surface area contributed by atoms with Crippen LogP contribution in [-0.4, -0.2) is 17.7 Å². The van der Waals surface area contributed by atoms with Crippen LogP contribution in [0.5, 0.6) is 0 Å². The minimum absolute atomic E-state index is 0. The van der Waals surface area contributed by atoms with E-state index in [4.69, 9.17) is 19.8 Å². The van der Waals surface area contributed by atoms with Gasteiger partial charge in [-0.1, -0.05) is 25.8 Å². The van der Waals surface area contributed by atoms with Gasteiger partial charge in [0.1, 0.15) is 0 Å². The van der Waals surface area contributed by atoms with Crippen LogP contribution in [0.15, 0.2) is 12.2 Å². The zero-order chi connectivity index (χ0) is 15.0. The molecule has 0 aromatic rings. The molecule has 19 heavy (non-hydrogen) atoms. The second kappa shape index (κ2) is 22.5. The molecule has 0 aliphatic heterocycles. The van der Waals surface area contributed by atoms with E-state index in [0.717, 1.165) is 20.3 Å². The van der Waals surface area contributed by atoms with E-state index in [1.54, 1.807) is 13.0 Å².